The zero-order chi connectivity index (χ0) is 12.6. The molecule has 5 nitrogen and oxygen atoms in total. The number of aliphatic hydroxyl groups is 1. The first kappa shape index (κ1) is 13.0. The zero-order valence-electron chi connectivity index (χ0n) is 9.62. The summed E-state index contributed by atoms with van der Waals surface area (Å²) >= 11 is 0. The van der Waals surface area contributed by atoms with Gasteiger partial charge in [-0.1, -0.05) is 18.9 Å². The van der Waals surface area contributed by atoms with Crippen molar-refractivity contribution in [3.8, 4) is 0 Å². The van der Waals surface area contributed by atoms with Gasteiger partial charge < -0.3 is 10.8 Å². The second-order valence-electron chi connectivity index (χ2n) is 5.02. The lowest BCUT2D eigenvalue weighted by Gasteiger charge is -2.37. The number of rotatable bonds is 1. The summed E-state index contributed by atoms with van der Waals surface area (Å²) in [6.45, 7) is 0. The number of allylic oxidation sites excluding steroid dienone is 1. The lowest BCUT2D eigenvalue weighted by molar-refractivity contribution is 0.0644. The molecule has 2 rings (SSSR count). The van der Waals surface area contributed by atoms with E-state index in [1.807, 2.05) is 0 Å². The molecule has 0 bridgehead atoms. The Morgan fingerprint density at radius 1 is 1.29 bits per heavy atom. The summed E-state index contributed by atoms with van der Waals surface area (Å²) in [6.07, 6.45) is 4.40. The number of fused-ring (bicyclic) bond motifs is 1. The van der Waals surface area contributed by atoms with Gasteiger partial charge in [-0.2, -0.15) is 8.42 Å². The molecule has 2 aliphatic carbocycles. The molecular weight excluding hydrogens is 242 g/mol. The van der Waals surface area contributed by atoms with Gasteiger partial charge in [-0.15, -0.1) is 0 Å². The first-order chi connectivity index (χ1) is 7.91. The highest BCUT2D eigenvalue weighted by Gasteiger charge is 2.42. The van der Waals surface area contributed by atoms with E-state index in [0.29, 0.717) is 19.3 Å². The fraction of sp³-hybridized carbons (Fsp3) is 0.818. The van der Waals surface area contributed by atoms with Crippen LogP contribution in [0, 0.1) is 11.8 Å². The molecule has 0 aromatic heterocycles. The Labute approximate surface area is 101 Å². The third-order valence-electron chi connectivity index (χ3n) is 3.92. The molecule has 0 heterocycles. The molecule has 0 amide bonds. The van der Waals surface area contributed by atoms with E-state index in [1.165, 1.54) is 6.08 Å². The van der Waals surface area contributed by atoms with Crippen molar-refractivity contribution >= 4 is 10.1 Å². The number of hydrogen-bond acceptors (Lipinski definition) is 4. The third kappa shape index (κ3) is 2.54. The van der Waals surface area contributed by atoms with Crippen LogP contribution in [-0.2, 0) is 10.1 Å². The Bertz CT molecular complexity index is 417. The molecule has 0 aliphatic heterocycles. The molecule has 0 radical (unpaired) electrons. The molecule has 17 heavy (non-hydrogen) atoms. The van der Waals surface area contributed by atoms with E-state index in [1.54, 1.807) is 0 Å². The molecule has 0 aromatic carbocycles. The highest BCUT2D eigenvalue weighted by Crippen LogP contribution is 2.41. The average Bonchev–Trinajstić information content (AvgIpc) is 2.40. The van der Waals surface area contributed by atoms with Gasteiger partial charge >= 0.3 is 0 Å². The SMILES string of the molecule is NC1CC=C(S(=O)(=O)O)C2CCCCC(O)C12. The lowest BCUT2D eigenvalue weighted by Crippen LogP contribution is -2.45. The van der Waals surface area contributed by atoms with Gasteiger partial charge in [0.1, 0.15) is 0 Å². The molecule has 1 saturated carbocycles. The smallest absolute Gasteiger partial charge is 0.290 e. The first-order valence-electron chi connectivity index (χ1n) is 6.02. The van der Waals surface area contributed by atoms with Crippen LogP contribution in [0.15, 0.2) is 11.0 Å². The van der Waals surface area contributed by atoms with Gasteiger partial charge in [-0.3, -0.25) is 4.55 Å². The van der Waals surface area contributed by atoms with Gasteiger partial charge in [-0.05, 0) is 19.3 Å². The van der Waals surface area contributed by atoms with Crippen LogP contribution in [0.4, 0.5) is 0 Å². The minimum Gasteiger partial charge on any atom is -0.393 e. The van der Waals surface area contributed by atoms with Crippen LogP contribution in [0.1, 0.15) is 32.1 Å². The van der Waals surface area contributed by atoms with Gasteiger partial charge in [0, 0.05) is 17.9 Å². The summed E-state index contributed by atoms with van der Waals surface area (Å²) in [5, 5.41) is 10.1. The van der Waals surface area contributed by atoms with Crippen LogP contribution in [-0.4, -0.2) is 30.2 Å². The standard InChI is InChI=1S/C11H19NO4S/c12-8-5-6-10(17(14,15)16)7-3-1-2-4-9(13)11(7)8/h6-9,11,13H,1-5,12H2,(H,14,15,16). The molecule has 6 heteroatoms. The van der Waals surface area contributed by atoms with E-state index in [0.717, 1.165) is 12.8 Å². The summed E-state index contributed by atoms with van der Waals surface area (Å²) in [4.78, 5) is 0.0603. The topological polar surface area (TPSA) is 101 Å². The van der Waals surface area contributed by atoms with Crippen LogP contribution in [0.3, 0.4) is 0 Å². The third-order valence-corrected chi connectivity index (χ3v) is 4.99. The van der Waals surface area contributed by atoms with Gasteiger partial charge in [-0.25, -0.2) is 0 Å². The summed E-state index contributed by atoms with van der Waals surface area (Å²) in [7, 11) is -4.16. The average molecular weight is 261 g/mol. The van der Waals surface area contributed by atoms with Crippen molar-refractivity contribution in [1.29, 1.82) is 0 Å². The maximum absolute atomic E-state index is 11.3. The van der Waals surface area contributed by atoms with Crippen molar-refractivity contribution in [2.75, 3.05) is 0 Å². The predicted octanol–water partition coefficient (Wildman–Crippen LogP) is 0.656. The number of aliphatic hydroxyl groups excluding tert-OH is 1. The second-order valence-corrected chi connectivity index (χ2v) is 6.44. The van der Waals surface area contributed by atoms with Crippen molar-refractivity contribution in [2.24, 2.45) is 17.6 Å². The molecule has 4 N–H and O–H groups in total. The Hall–Kier alpha value is -0.430. The maximum Gasteiger partial charge on any atom is 0.290 e. The zero-order valence-corrected chi connectivity index (χ0v) is 10.4. The molecule has 0 aromatic rings. The van der Waals surface area contributed by atoms with Crippen LogP contribution in [0.2, 0.25) is 0 Å². The Balaban J connectivity index is 2.38. The van der Waals surface area contributed by atoms with Gasteiger partial charge in [0.05, 0.1) is 11.0 Å². The van der Waals surface area contributed by atoms with Crippen LogP contribution < -0.4 is 5.73 Å². The summed E-state index contributed by atoms with van der Waals surface area (Å²) < 4.78 is 31.9. The van der Waals surface area contributed by atoms with Crippen molar-refractivity contribution in [3.05, 3.63) is 11.0 Å². The van der Waals surface area contributed by atoms with E-state index in [2.05, 4.69) is 0 Å². The highest BCUT2D eigenvalue weighted by molar-refractivity contribution is 7.89. The fourth-order valence-electron chi connectivity index (χ4n) is 3.14. The molecule has 1 fully saturated rings. The van der Waals surface area contributed by atoms with E-state index in [9.17, 15) is 18.1 Å². The molecule has 4 atom stereocenters. The van der Waals surface area contributed by atoms with Crippen molar-refractivity contribution in [1.82, 2.24) is 0 Å². The lowest BCUT2D eigenvalue weighted by atomic mass is 9.76. The van der Waals surface area contributed by atoms with Gasteiger partial charge in [0.25, 0.3) is 10.1 Å². The van der Waals surface area contributed by atoms with Gasteiger partial charge in [0.15, 0.2) is 0 Å². The van der Waals surface area contributed by atoms with Crippen molar-refractivity contribution in [2.45, 2.75) is 44.2 Å². The molecule has 2 aliphatic rings. The quantitative estimate of drug-likeness (QED) is 0.602. The molecule has 0 saturated heterocycles. The van der Waals surface area contributed by atoms with Gasteiger partial charge in [0.2, 0.25) is 0 Å². The second kappa shape index (κ2) is 4.68. The van der Waals surface area contributed by atoms with E-state index in [4.69, 9.17) is 5.73 Å². The monoisotopic (exact) mass is 261 g/mol. The summed E-state index contributed by atoms with van der Waals surface area (Å²) in [5.41, 5.74) is 5.97. The fourth-order valence-corrected chi connectivity index (χ4v) is 4.11. The highest BCUT2D eigenvalue weighted by atomic mass is 32.2. The molecule has 4 unspecified atom stereocenters. The number of hydrogen-bond donors (Lipinski definition) is 3. The molecule has 0 spiro atoms. The predicted molar refractivity (Wildman–Crippen MR) is 63.7 cm³/mol. The van der Waals surface area contributed by atoms with Crippen LogP contribution >= 0.6 is 0 Å². The van der Waals surface area contributed by atoms with E-state index in [-0.39, 0.29) is 22.8 Å². The Morgan fingerprint density at radius 2 is 1.94 bits per heavy atom. The molecular formula is C11H19NO4S. The first-order valence-corrected chi connectivity index (χ1v) is 7.46. The number of nitrogens with two attached hydrogens (primary N) is 1. The summed E-state index contributed by atoms with van der Waals surface area (Å²) in [5.74, 6) is -0.578. The van der Waals surface area contributed by atoms with Crippen molar-refractivity contribution < 1.29 is 18.1 Å². The molecule has 98 valence electrons. The van der Waals surface area contributed by atoms with E-state index >= 15 is 0 Å². The summed E-state index contributed by atoms with van der Waals surface area (Å²) in [6, 6.07) is -0.224. The normalized spacial score (nSPS) is 39.1. The Kier molecular flexibility index (Phi) is 3.58. The van der Waals surface area contributed by atoms with E-state index < -0.39 is 16.2 Å². The van der Waals surface area contributed by atoms with Crippen molar-refractivity contribution in [3.63, 3.8) is 0 Å². The largest absolute Gasteiger partial charge is 0.393 e. The Morgan fingerprint density at radius 3 is 2.59 bits per heavy atom. The van der Waals surface area contributed by atoms with Crippen LogP contribution in [0.5, 0.6) is 0 Å². The minimum absolute atomic E-state index is 0.0603. The maximum atomic E-state index is 11.3. The minimum atomic E-state index is -4.16. The van der Waals surface area contributed by atoms with Crippen LogP contribution in [0.25, 0.3) is 0 Å².